The average molecular weight is 278 g/mol. The Morgan fingerprint density at radius 3 is 2.75 bits per heavy atom. The van der Waals surface area contributed by atoms with E-state index in [4.69, 9.17) is 5.11 Å². The van der Waals surface area contributed by atoms with Crippen molar-refractivity contribution in [1.82, 2.24) is 4.90 Å². The topological polar surface area (TPSA) is 101 Å². The number of carbonyl (C=O) groups excluding carboxylic acids is 1. The normalized spacial score (nSPS) is 18.1. The number of hydrogen-bond donors (Lipinski definition) is 1. The summed E-state index contributed by atoms with van der Waals surface area (Å²) in [5, 5.41) is 20.2. The van der Waals surface area contributed by atoms with Crippen molar-refractivity contribution in [2.45, 2.75) is 25.8 Å². The van der Waals surface area contributed by atoms with E-state index >= 15 is 0 Å². The van der Waals surface area contributed by atoms with Crippen LogP contribution in [0.2, 0.25) is 0 Å². The molecule has 0 bridgehead atoms. The smallest absolute Gasteiger partial charge is 0.326 e. The Morgan fingerprint density at radius 2 is 2.15 bits per heavy atom. The summed E-state index contributed by atoms with van der Waals surface area (Å²) in [4.78, 5) is 35.2. The van der Waals surface area contributed by atoms with Gasteiger partial charge in [0.2, 0.25) is 0 Å². The first-order valence-electron chi connectivity index (χ1n) is 6.21. The van der Waals surface area contributed by atoms with Gasteiger partial charge in [0, 0.05) is 12.1 Å². The fraction of sp³-hybridized carbons (Fsp3) is 0.385. The zero-order valence-corrected chi connectivity index (χ0v) is 10.9. The molecule has 7 heteroatoms. The molecule has 106 valence electrons. The van der Waals surface area contributed by atoms with E-state index in [1.165, 1.54) is 11.0 Å². The maximum atomic E-state index is 12.4. The number of para-hydroxylation sites is 1. The van der Waals surface area contributed by atoms with Crippen LogP contribution in [0.1, 0.15) is 28.8 Å². The van der Waals surface area contributed by atoms with Gasteiger partial charge in [0.15, 0.2) is 0 Å². The standard InChI is InChI=1S/C13H14N2O5/c1-8-4-2-5-9(11(8)15(19)20)12(16)14-7-3-6-10(14)13(17)18/h2,4-5,10H,3,6-7H2,1H3,(H,17,18). The molecule has 0 aromatic heterocycles. The van der Waals surface area contributed by atoms with Crippen LogP contribution in [0.3, 0.4) is 0 Å². The van der Waals surface area contributed by atoms with Gasteiger partial charge in [-0.3, -0.25) is 14.9 Å². The van der Waals surface area contributed by atoms with Crippen molar-refractivity contribution in [3.05, 3.63) is 39.4 Å². The number of nitro groups is 1. The highest BCUT2D eigenvalue weighted by molar-refractivity contribution is 6.00. The van der Waals surface area contributed by atoms with E-state index in [1.54, 1.807) is 19.1 Å². The average Bonchev–Trinajstić information content (AvgIpc) is 2.86. The number of carboxylic acid groups (broad SMARTS) is 1. The van der Waals surface area contributed by atoms with Crippen LogP contribution in [0.25, 0.3) is 0 Å². The molecule has 1 atom stereocenters. The summed E-state index contributed by atoms with van der Waals surface area (Å²) in [6.07, 6.45) is 0.961. The van der Waals surface area contributed by atoms with Crippen molar-refractivity contribution in [1.29, 1.82) is 0 Å². The molecule has 1 amide bonds. The number of carboxylic acids is 1. The number of aliphatic carboxylic acids is 1. The second-order valence-corrected chi connectivity index (χ2v) is 4.72. The summed E-state index contributed by atoms with van der Waals surface area (Å²) in [7, 11) is 0. The SMILES string of the molecule is Cc1cccc(C(=O)N2CCCC2C(=O)O)c1[N+](=O)[O-]. The van der Waals surface area contributed by atoms with Crippen molar-refractivity contribution in [2.24, 2.45) is 0 Å². The molecule has 1 aliphatic rings. The van der Waals surface area contributed by atoms with Gasteiger partial charge >= 0.3 is 5.97 Å². The Labute approximate surface area is 115 Å². The van der Waals surface area contributed by atoms with Crippen LogP contribution < -0.4 is 0 Å². The maximum Gasteiger partial charge on any atom is 0.326 e. The lowest BCUT2D eigenvalue weighted by Crippen LogP contribution is -2.40. The minimum Gasteiger partial charge on any atom is -0.480 e. The molecule has 1 heterocycles. The molecule has 2 rings (SSSR count). The van der Waals surface area contributed by atoms with E-state index in [0.717, 1.165) is 0 Å². The third kappa shape index (κ3) is 2.34. The van der Waals surface area contributed by atoms with Crippen molar-refractivity contribution >= 4 is 17.6 Å². The number of hydrogen-bond acceptors (Lipinski definition) is 4. The molecule has 1 N–H and O–H groups in total. The summed E-state index contributed by atoms with van der Waals surface area (Å²) >= 11 is 0. The fourth-order valence-electron chi connectivity index (χ4n) is 2.50. The molecule has 1 aliphatic heterocycles. The van der Waals surface area contributed by atoms with Crippen LogP contribution in [0.4, 0.5) is 5.69 Å². The van der Waals surface area contributed by atoms with E-state index in [-0.39, 0.29) is 11.3 Å². The lowest BCUT2D eigenvalue weighted by Gasteiger charge is -2.21. The van der Waals surface area contributed by atoms with E-state index < -0.39 is 22.8 Å². The number of amides is 1. The second kappa shape index (κ2) is 5.28. The predicted molar refractivity (Wildman–Crippen MR) is 69.5 cm³/mol. The Balaban J connectivity index is 2.42. The molecule has 0 spiro atoms. The van der Waals surface area contributed by atoms with Gasteiger partial charge in [0.1, 0.15) is 11.6 Å². The summed E-state index contributed by atoms with van der Waals surface area (Å²) < 4.78 is 0. The van der Waals surface area contributed by atoms with Crippen molar-refractivity contribution < 1.29 is 19.6 Å². The molecule has 20 heavy (non-hydrogen) atoms. The predicted octanol–water partition coefficient (Wildman–Crippen LogP) is 1.59. The molecule has 1 unspecified atom stereocenters. The Morgan fingerprint density at radius 1 is 1.45 bits per heavy atom. The third-order valence-corrected chi connectivity index (χ3v) is 3.45. The zero-order valence-electron chi connectivity index (χ0n) is 10.9. The maximum absolute atomic E-state index is 12.4. The van der Waals surface area contributed by atoms with Crippen LogP contribution in [0.15, 0.2) is 18.2 Å². The molecule has 7 nitrogen and oxygen atoms in total. The van der Waals surface area contributed by atoms with Gasteiger partial charge in [0.05, 0.1) is 4.92 Å². The number of nitro benzene ring substituents is 1. The molecule has 0 aliphatic carbocycles. The fourth-order valence-corrected chi connectivity index (χ4v) is 2.50. The molecule has 1 aromatic carbocycles. The first-order chi connectivity index (χ1) is 9.43. The van der Waals surface area contributed by atoms with Gasteiger partial charge in [-0.05, 0) is 25.8 Å². The molecule has 1 aromatic rings. The first kappa shape index (κ1) is 14.0. The van der Waals surface area contributed by atoms with Gasteiger partial charge in [-0.15, -0.1) is 0 Å². The monoisotopic (exact) mass is 278 g/mol. The summed E-state index contributed by atoms with van der Waals surface area (Å²) in [6, 6.07) is 3.57. The number of aryl methyl sites for hydroxylation is 1. The largest absolute Gasteiger partial charge is 0.480 e. The van der Waals surface area contributed by atoms with Gasteiger partial charge in [0.25, 0.3) is 11.6 Å². The highest BCUT2D eigenvalue weighted by Crippen LogP contribution is 2.27. The molecular formula is C13H14N2O5. The van der Waals surface area contributed by atoms with Gasteiger partial charge in [-0.1, -0.05) is 12.1 Å². The highest BCUT2D eigenvalue weighted by atomic mass is 16.6. The Hall–Kier alpha value is -2.44. The van der Waals surface area contributed by atoms with E-state index in [2.05, 4.69) is 0 Å². The lowest BCUT2D eigenvalue weighted by atomic mass is 10.1. The molecular weight excluding hydrogens is 264 g/mol. The number of carbonyl (C=O) groups is 2. The molecule has 1 fully saturated rings. The van der Waals surface area contributed by atoms with E-state index in [9.17, 15) is 19.7 Å². The minimum atomic E-state index is -1.08. The van der Waals surface area contributed by atoms with Crippen LogP contribution in [0, 0.1) is 17.0 Å². The van der Waals surface area contributed by atoms with Crippen molar-refractivity contribution in [3.8, 4) is 0 Å². The molecule has 0 saturated carbocycles. The van der Waals surface area contributed by atoms with Crippen molar-refractivity contribution in [3.63, 3.8) is 0 Å². The van der Waals surface area contributed by atoms with E-state index in [0.29, 0.717) is 24.9 Å². The van der Waals surface area contributed by atoms with E-state index in [1.807, 2.05) is 0 Å². The first-order valence-corrected chi connectivity index (χ1v) is 6.21. The van der Waals surface area contributed by atoms with Crippen LogP contribution >= 0.6 is 0 Å². The third-order valence-electron chi connectivity index (χ3n) is 3.45. The summed E-state index contributed by atoms with van der Waals surface area (Å²) in [6.45, 7) is 1.86. The van der Waals surface area contributed by atoms with Gasteiger partial charge in [-0.25, -0.2) is 4.79 Å². The summed E-state index contributed by atoms with van der Waals surface area (Å²) in [5.41, 5.74) is 0.0728. The van der Waals surface area contributed by atoms with Crippen LogP contribution in [-0.4, -0.2) is 39.4 Å². The van der Waals surface area contributed by atoms with Crippen LogP contribution in [0.5, 0.6) is 0 Å². The highest BCUT2D eigenvalue weighted by Gasteiger charge is 2.37. The molecule has 0 radical (unpaired) electrons. The van der Waals surface area contributed by atoms with Gasteiger partial charge in [-0.2, -0.15) is 0 Å². The quantitative estimate of drug-likeness (QED) is 0.668. The number of nitrogens with zero attached hydrogens (tertiary/aromatic N) is 2. The number of rotatable bonds is 3. The van der Waals surface area contributed by atoms with Crippen LogP contribution in [-0.2, 0) is 4.79 Å². The van der Waals surface area contributed by atoms with Gasteiger partial charge < -0.3 is 10.0 Å². The summed E-state index contributed by atoms with van der Waals surface area (Å²) in [5.74, 6) is -1.67. The lowest BCUT2D eigenvalue weighted by molar-refractivity contribution is -0.385. The number of likely N-dealkylation sites (tertiary alicyclic amines) is 1. The zero-order chi connectivity index (χ0) is 14.9. The second-order valence-electron chi connectivity index (χ2n) is 4.72. The molecule has 1 saturated heterocycles. The Bertz CT molecular complexity index is 584. The Kier molecular flexibility index (Phi) is 3.69. The number of benzene rings is 1. The minimum absolute atomic E-state index is 0.0526. The van der Waals surface area contributed by atoms with Crippen molar-refractivity contribution in [2.75, 3.05) is 6.54 Å².